The summed E-state index contributed by atoms with van der Waals surface area (Å²) in [5.74, 6) is 0.0207. The molecule has 4 rings (SSSR count). The van der Waals surface area contributed by atoms with E-state index < -0.39 is 5.97 Å². The van der Waals surface area contributed by atoms with Crippen LogP contribution in [0.3, 0.4) is 0 Å². The van der Waals surface area contributed by atoms with Crippen LogP contribution in [0, 0.1) is 0 Å². The van der Waals surface area contributed by atoms with Crippen LogP contribution in [-0.4, -0.2) is 15.6 Å². The van der Waals surface area contributed by atoms with Crippen molar-refractivity contribution in [3.05, 3.63) is 102 Å². The molecule has 0 aliphatic heterocycles. The van der Waals surface area contributed by atoms with Gasteiger partial charge in [-0.3, -0.25) is 4.79 Å². The summed E-state index contributed by atoms with van der Waals surface area (Å²) in [5.41, 5.74) is 5.36. The van der Waals surface area contributed by atoms with Crippen molar-refractivity contribution in [3.63, 3.8) is 0 Å². The minimum absolute atomic E-state index is 0.118. The molecule has 4 aromatic rings. The molecule has 0 aliphatic carbocycles. The van der Waals surface area contributed by atoms with Crippen molar-refractivity contribution in [3.8, 4) is 16.9 Å². The zero-order valence-electron chi connectivity index (χ0n) is 16.5. The maximum Gasteiger partial charge on any atom is 0.303 e. The molecule has 2 heterocycles. The predicted octanol–water partition coefficient (Wildman–Crippen LogP) is 5.39. The molecule has 0 unspecified atom stereocenters. The number of nitrogens with zero attached hydrogens (tertiary/aromatic N) is 1. The fraction of sp³-hybridized carbons (Fsp3) is 0.160. The van der Waals surface area contributed by atoms with E-state index in [4.69, 9.17) is 14.3 Å². The highest BCUT2D eigenvalue weighted by atomic mass is 16.5. The minimum atomic E-state index is -0.784. The van der Waals surface area contributed by atoms with Crippen LogP contribution in [0.4, 0.5) is 0 Å². The second-order valence-electron chi connectivity index (χ2n) is 7.19. The van der Waals surface area contributed by atoms with E-state index in [1.807, 2.05) is 48.5 Å². The average Bonchev–Trinajstić information content (AvgIpc) is 3.42. The Morgan fingerprint density at radius 1 is 0.967 bits per heavy atom. The Bertz CT molecular complexity index is 1080. The average molecular weight is 401 g/mol. The molecular weight excluding hydrogens is 378 g/mol. The van der Waals surface area contributed by atoms with Gasteiger partial charge in [-0.2, -0.15) is 0 Å². The molecule has 0 saturated carbocycles. The molecule has 0 spiro atoms. The highest BCUT2D eigenvalue weighted by Gasteiger charge is 2.11. The number of rotatable bonds is 9. The highest BCUT2D eigenvalue weighted by Crippen LogP contribution is 2.26. The quantitative estimate of drug-likeness (QED) is 0.408. The zero-order chi connectivity index (χ0) is 20.8. The normalized spacial score (nSPS) is 10.8. The van der Waals surface area contributed by atoms with Crippen LogP contribution < -0.4 is 4.74 Å². The van der Waals surface area contributed by atoms with Gasteiger partial charge < -0.3 is 18.8 Å². The van der Waals surface area contributed by atoms with Crippen LogP contribution in [0.5, 0.6) is 5.75 Å². The molecule has 2 aromatic carbocycles. The molecular formula is C25H23NO4. The first kappa shape index (κ1) is 19.6. The van der Waals surface area contributed by atoms with Gasteiger partial charge in [-0.25, -0.2) is 0 Å². The lowest BCUT2D eigenvalue weighted by Gasteiger charge is -2.07. The van der Waals surface area contributed by atoms with Crippen LogP contribution in [-0.2, 0) is 24.4 Å². The van der Waals surface area contributed by atoms with Gasteiger partial charge in [0.05, 0.1) is 12.5 Å². The number of furan rings is 1. The van der Waals surface area contributed by atoms with Crippen molar-refractivity contribution in [1.82, 2.24) is 4.57 Å². The third-order valence-electron chi connectivity index (χ3n) is 4.93. The summed E-state index contributed by atoms with van der Waals surface area (Å²) in [6.07, 6.45) is 8.07. The van der Waals surface area contributed by atoms with Gasteiger partial charge in [0.2, 0.25) is 0 Å². The number of hydrogen-bond acceptors (Lipinski definition) is 3. The maximum absolute atomic E-state index is 11.1. The molecule has 152 valence electrons. The number of aryl methyl sites for hydroxylation is 1. The van der Waals surface area contributed by atoms with Gasteiger partial charge in [0.1, 0.15) is 12.4 Å². The van der Waals surface area contributed by atoms with Crippen molar-refractivity contribution < 1.29 is 19.1 Å². The number of benzene rings is 2. The first-order valence-corrected chi connectivity index (χ1v) is 9.86. The van der Waals surface area contributed by atoms with Crippen molar-refractivity contribution in [2.45, 2.75) is 26.0 Å². The summed E-state index contributed by atoms with van der Waals surface area (Å²) in [6.45, 7) is 1.18. The van der Waals surface area contributed by atoms with E-state index in [-0.39, 0.29) is 6.42 Å². The molecule has 30 heavy (non-hydrogen) atoms. The van der Waals surface area contributed by atoms with Gasteiger partial charge in [0, 0.05) is 36.5 Å². The van der Waals surface area contributed by atoms with Crippen molar-refractivity contribution >= 4 is 5.97 Å². The summed E-state index contributed by atoms with van der Waals surface area (Å²) in [7, 11) is 0. The van der Waals surface area contributed by atoms with Crippen molar-refractivity contribution in [2.75, 3.05) is 0 Å². The van der Waals surface area contributed by atoms with E-state index in [2.05, 4.69) is 29.1 Å². The number of carbonyl (C=O) groups is 1. The van der Waals surface area contributed by atoms with Gasteiger partial charge in [-0.1, -0.05) is 42.5 Å². The standard InChI is InChI=1S/C25H23NO4/c27-25(28)11-8-22-15-26(16-24(22)21-4-2-1-3-5-21)14-19-6-9-23(10-7-19)30-18-20-12-13-29-17-20/h1-7,9-10,12-13,15-17H,8,11,14,18H2,(H,27,28). The van der Waals surface area contributed by atoms with Crippen molar-refractivity contribution in [2.24, 2.45) is 0 Å². The molecule has 0 bridgehead atoms. The van der Waals surface area contributed by atoms with Crippen LogP contribution in [0.1, 0.15) is 23.1 Å². The summed E-state index contributed by atoms with van der Waals surface area (Å²) >= 11 is 0. The lowest BCUT2D eigenvalue weighted by molar-refractivity contribution is -0.136. The Hall–Kier alpha value is -3.73. The Labute approximate surface area is 175 Å². The SMILES string of the molecule is O=C(O)CCc1cn(Cc2ccc(OCc3ccoc3)cc2)cc1-c1ccccc1. The fourth-order valence-electron chi connectivity index (χ4n) is 3.41. The van der Waals surface area contributed by atoms with Gasteiger partial charge in [-0.05, 0) is 41.3 Å². The lowest BCUT2D eigenvalue weighted by Crippen LogP contribution is -1.99. The number of hydrogen-bond donors (Lipinski definition) is 1. The number of carboxylic acid groups (broad SMARTS) is 1. The number of ether oxygens (including phenoxy) is 1. The van der Waals surface area contributed by atoms with Gasteiger partial charge in [0.25, 0.3) is 0 Å². The van der Waals surface area contributed by atoms with Crippen LogP contribution in [0.15, 0.2) is 90.0 Å². The fourth-order valence-corrected chi connectivity index (χ4v) is 3.41. The summed E-state index contributed by atoms with van der Waals surface area (Å²) in [6, 6.07) is 20.0. The zero-order valence-corrected chi connectivity index (χ0v) is 16.5. The van der Waals surface area contributed by atoms with Crippen LogP contribution >= 0.6 is 0 Å². The molecule has 0 radical (unpaired) electrons. The maximum atomic E-state index is 11.1. The third kappa shape index (κ3) is 5.00. The molecule has 0 fully saturated rings. The Morgan fingerprint density at radius 3 is 2.47 bits per heavy atom. The largest absolute Gasteiger partial charge is 0.489 e. The second-order valence-corrected chi connectivity index (χ2v) is 7.19. The van der Waals surface area contributed by atoms with Gasteiger partial charge >= 0.3 is 5.97 Å². The number of aliphatic carboxylic acids is 1. The van der Waals surface area contributed by atoms with E-state index in [1.165, 1.54) is 0 Å². The monoisotopic (exact) mass is 401 g/mol. The van der Waals surface area contributed by atoms with Crippen molar-refractivity contribution in [1.29, 1.82) is 0 Å². The molecule has 5 nitrogen and oxygen atoms in total. The molecule has 0 saturated heterocycles. The second kappa shape index (κ2) is 9.18. The molecule has 0 atom stereocenters. The Morgan fingerprint density at radius 2 is 1.77 bits per heavy atom. The third-order valence-corrected chi connectivity index (χ3v) is 4.93. The summed E-state index contributed by atoms with van der Waals surface area (Å²) in [4.78, 5) is 11.1. The van der Waals surface area contributed by atoms with E-state index >= 15 is 0 Å². The van der Waals surface area contributed by atoms with E-state index in [1.54, 1.807) is 12.5 Å². The molecule has 0 aliphatic rings. The lowest BCUT2D eigenvalue weighted by atomic mass is 10.0. The highest BCUT2D eigenvalue weighted by molar-refractivity contribution is 5.70. The topological polar surface area (TPSA) is 64.6 Å². The Balaban J connectivity index is 1.47. The van der Waals surface area contributed by atoms with Gasteiger partial charge in [-0.15, -0.1) is 0 Å². The molecule has 5 heteroatoms. The minimum Gasteiger partial charge on any atom is -0.489 e. The predicted molar refractivity (Wildman–Crippen MR) is 114 cm³/mol. The summed E-state index contributed by atoms with van der Waals surface area (Å²) in [5, 5.41) is 9.08. The molecule has 1 N–H and O–H groups in total. The number of aromatic nitrogens is 1. The molecule has 2 aromatic heterocycles. The van der Waals surface area contributed by atoms with Crippen LogP contribution in [0.2, 0.25) is 0 Å². The van der Waals surface area contributed by atoms with Gasteiger partial charge in [0.15, 0.2) is 0 Å². The van der Waals surface area contributed by atoms with E-state index in [0.717, 1.165) is 33.6 Å². The Kier molecular flexibility index (Phi) is 5.99. The van der Waals surface area contributed by atoms with Crippen LogP contribution in [0.25, 0.3) is 11.1 Å². The first-order chi connectivity index (χ1) is 14.7. The van der Waals surface area contributed by atoms with E-state index in [0.29, 0.717) is 19.6 Å². The first-order valence-electron chi connectivity index (χ1n) is 9.86. The smallest absolute Gasteiger partial charge is 0.303 e. The molecule has 0 amide bonds. The summed E-state index contributed by atoms with van der Waals surface area (Å²) < 4.78 is 12.9. The van der Waals surface area contributed by atoms with E-state index in [9.17, 15) is 4.79 Å². The number of carboxylic acids is 1.